The van der Waals surface area contributed by atoms with Crippen molar-refractivity contribution >= 4 is 22.9 Å². The van der Waals surface area contributed by atoms with Gasteiger partial charge < -0.3 is 5.11 Å². The van der Waals surface area contributed by atoms with Gasteiger partial charge in [-0.05, 0) is 30.2 Å². The number of thiophene rings is 1. The van der Waals surface area contributed by atoms with Gasteiger partial charge in [0, 0.05) is 0 Å². The molecule has 0 amide bonds. The Bertz CT molecular complexity index is 342. The molecule has 1 nitrogen and oxygen atoms in total. The van der Waals surface area contributed by atoms with Crippen LogP contribution >= 0.6 is 22.9 Å². The van der Waals surface area contributed by atoms with E-state index in [4.69, 9.17) is 11.6 Å². The fourth-order valence-electron chi connectivity index (χ4n) is 2.52. The zero-order valence-corrected chi connectivity index (χ0v) is 11.3. The maximum absolute atomic E-state index is 10.2. The van der Waals surface area contributed by atoms with Crippen molar-refractivity contribution in [1.29, 1.82) is 0 Å². The summed E-state index contributed by atoms with van der Waals surface area (Å²) in [5.74, 6) is 0.697. The molecule has 0 spiro atoms. The Balaban J connectivity index is 1.96. The van der Waals surface area contributed by atoms with Crippen LogP contribution in [0.5, 0.6) is 0 Å². The number of aliphatic hydroxyl groups is 1. The van der Waals surface area contributed by atoms with E-state index in [1.165, 1.54) is 32.1 Å². The maximum Gasteiger partial charge on any atom is 0.0899 e. The Morgan fingerprint density at radius 2 is 2.12 bits per heavy atom. The van der Waals surface area contributed by atoms with Gasteiger partial charge in [0.15, 0.2) is 0 Å². The van der Waals surface area contributed by atoms with E-state index in [1.54, 1.807) is 11.3 Å². The lowest BCUT2D eigenvalue weighted by molar-refractivity contribution is 0.134. The summed E-state index contributed by atoms with van der Waals surface area (Å²) in [6.07, 6.45) is 7.11. The summed E-state index contributed by atoms with van der Waals surface area (Å²) in [6, 6.07) is 0. The molecule has 1 aromatic rings. The van der Waals surface area contributed by atoms with Gasteiger partial charge >= 0.3 is 0 Å². The van der Waals surface area contributed by atoms with E-state index in [2.05, 4.69) is 0 Å². The average molecular weight is 259 g/mol. The number of aryl methyl sites for hydroxylation is 1. The van der Waals surface area contributed by atoms with Crippen LogP contribution in [0.3, 0.4) is 0 Å². The molecule has 1 atom stereocenters. The maximum atomic E-state index is 10.2. The summed E-state index contributed by atoms with van der Waals surface area (Å²) in [6.45, 7) is 2.00. The number of hydrogen-bond acceptors (Lipinski definition) is 2. The third-order valence-corrected chi connectivity index (χ3v) is 5.32. The molecule has 1 fully saturated rings. The van der Waals surface area contributed by atoms with Crippen LogP contribution < -0.4 is 0 Å². The first-order chi connectivity index (χ1) is 7.68. The van der Waals surface area contributed by atoms with Gasteiger partial charge in [-0.1, -0.05) is 43.7 Å². The molecule has 0 aromatic carbocycles. The van der Waals surface area contributed by atoms with Crippen LogP contribution in [0.2, 0.25) is 5.02 Å². The molecular weight excluding hydrogens is 240 g/mol. The number of aliphatic hydroxyl groups excluding tert-OH is 1. The second kappa shape index (κ2) is 5.52. The second-order valence-corrected chi connectivity index (χ2v) is 6.14. The second-order valence-electron chi connectivity index (χ2n) is 4.85. The van der Waals surface area contributed by atoms with Gasteiger partial charge in [-0.15, -0.1) is 11.3 Å². The Morgan fingerprint density at radius 1 is 1.44 bits per heavy atom. The molecule has 2 rings (SSSR count). The van der Waals surface area contributed by atoms with Crippen molar-refractivity contribution < 1.29 is 5.11 Å². The third kappa shape index (κ3) is 2.79. The molecule has 1 unspecified atom stereocenters. The Morgan fingerprint density at radius 3 is 2.69 bits per heavy atom. The van der Waals surface area contributed by atoms with E-state index in [1.807, 2.05) is 12.3 Å². The molecule has 1 aromatic heterocycles. The predicted octanol–water partition coefficient (Wildman–Crippen LogP) is 4.71. The molecular formula is C13H19ClOS. The zero-order chi connectivity index (χ0) is 11.5. The highest BCUT2D eigenvalue weighted by Crippen LogP contribution is 2.38. The standard InChI is InChI=1S/C13H19ClOS/c1-9-8-16-13(12(9)14)11(15)7-10-5-3-2-4-6-10/h8,10-11,15H,2-7H2,1H3. The Kier molecular flexibility index (Phi) is 4.28. The van der Waals surface area contributed by atoms with Gasteiger partial charge in [-0.3, -0.25) is 0 Å². The van der Waals surface area contributed by atoms with E-state index in [-0.39, 0.29) is 6.10 Å². The van der Waals surface area contributed by atoms with Crippen molar-refractivity contribution in [3.63, 3.8) is 0 Å². The molecule has 0 saturated heterocycles. The summed E-state index contributed by atoms with van der Waals surface area (Å²) >= 11 is 7.76. The summed E-state index contributed by atoms with van der Waals surface area (Å²) in [5.41, 5.74) is 1.09. The molecule has 1 aliphatic rings. The van der Waals surface area contributed by atoms with Crippen molar-refractivity contribution in [3.05, 3.63) is 20.8 Å². The first-order valence-electron chi connectivity index (χ1n) is 6.10. The lowest BCUT2D eigenvalue weighted by Crippen LogP contribution is -2.10. The summed E-state index contributed by atoms with van der Waals surface area (Å²) in [7, 11) is 0. The van der Waals surface area contributed by atoms with E-state index >= 15 is 0 Å². The monoisotopic (exact) mass is 258 g/mol. The van der Waals surface area contributed by atoms with Crippen molar-refractivity contribution in [1.82, 2.24) is 0 Å². The van der Waals surface area contributed by atoms with Gasteiger partial charge in [-0.2, -0.15) is 0 Å². The summed E-state index contributed by atoms with van der Waals surface area (Å²) < 4.78 is 0. The average Bonchev–Trinajstić information content (AvgIpc) is 2.61. The normalized spacial score (nSPS) is 19.9. The minimum atomic E-state index is -0.353. The highest BCUT2D eigenvalue weighted by atomic mass is 35.5. The summed E-state index contributed by atoms with van der Waals surface area (Å²) in [4.78, 5) is 0.963. The fourth-order valence-corrected chi connectivity index (χ4v) is 3.84. The Labute approximate surface area is 106 Å². The third-order valence-electron chi connectivity index (χ3n) is 3.51. The van der Waals surface area contributed by atoms with E-state index < -0.39 is 0 Å². The van der Waals surface area contributed by atoms with Gasteiger partial charge in [0.05, 0.1) is 16.0 Å². The van der Waals surface area contributed by atoms with Crippen molar-refractivity contribution in [2.45, 2.75) is 51.6 Å². The highest BCUT2D eigenvalue weighted by molar-refractivity contribution is 7.10. The molecule has 1 saturated carbocycles. The van der Waals surface area contributed by atoms with Crippen LogP contribution in [0.15, 0.2) is 5.38 Å². The zero-order valence-electron chi connectivity index (χ0n) is 9.71. The fraction of sp³-hybridized carbons (Fsp3) is 0.692. The van der Waals surface area contributed by atoms with E-state index in [0.29, 0.717) is 5.92 Å². The van der Waals surface area contributed by atoms with Gasteiger partial charge in [0.25, 0.3) is 0 Å². The van der Waals surface area contributed by atoms with Crippen molar-refractivity contribution in [3.8, 4) is 0 Å². The molecule has 3 heteroatoms. The molecule has 1 aliphatic carbocycles. The largest absolute Gasteiger partial charge is 0.388 e. The lowest BCUT2D eigenvalue weighted by atomic mass is 9.85. The van der Waals surface area contributed by atoms with Crippen LogP contribution in [0.4, 0.5) is 0 Å². The molecule has 0 radical (unpaired) electrons. The van der Waals surface area contributed by atoms with Crippen LogP contribution in [0.25, 0.3) is 0 Å². The summed E-state index contributed by atoms with van der Waals surface area (Å²) in [5, 5.41) is 13.0. The molecule has 0 bridgehead atoms. The van der Waals surface area contributed by atoms with E-state index in [9.17, 15) is 5.11 Å². The van der Waals surface area contributed by atoms with Crippen LogP contribution in [-0.4, -0.2) is 5.11 Å². The number of halogens is 1. The first-order valence-corrected chi connectivity index (χ1v) is 7.35. The molecule has 16 heavy (non-hydrogen) atoms. The first kappa shape index (κ1) is 12.4. The van der Waals surface area contributed by atoms with E-state index in [0.717, 1.165) is 21.9 Å². The quantitative estimate of drug-likeness (QED) is 0.832. The van der Waals surface area contributed by atoms with Crippen molar-refractivity contribution in [2.24, 2.45) is 5.92 Å². The molecule has 0 aliphatic heterocycles. The molecule has 90 valence electrons. The molecule has 1 N–H and O–H groups in total. The topological polar surface area (TPSA) is 20.2 Å². The lowest BCUT2D eigenvalue weighted by Gasteiger charge is -2.23. The SMILES string of the molecule is Cc1csc(C(O)CC2CCCCC2)c1Cl. The smallest absolute Gasteiger partial charge is 0.0899 e. The highest BCUT2D eigenvalue weighted by Gasteiger charge is 2.21. The molecule has 1 heterocycles. The van der Waals surface area contributed by atoms with Gasteiger partial charge in [0.2, 0.25) is 0 Å². The number of rotatable bonds is 3. The Hall–Kier alpha value is -0.0500. The van der Waals surface area contributed by atoms with Crippen molar-refractivity contribution in [2.75, 3.05) is 0 Å². The predicted molar refractivity (Wildman–Crippen MR) is 70.2 cm³/mol. The van der Waals surface area contributed by atoms with Crippen LogP contribution in [-0.2, 0) is 0 Å². The van der Waals surface area contributed by atoms with Crippen LogP contribution in [0.1, 0.15) is 55.1 Å². The van der Waals surface area contributed by atoms with Gasteiger partial charge in [-0.25, -0.2) is 0 Å². The van der Waals surface area contributed by atoms with Gasteiger partial charge in [0.1, 0.15) is 0 Å². The minimum absolute atomic E-state index is 0.353. The minimum Gasteiger partial charge on any atom is -0.388 e. The number of hydrogen-bond donors (Lipinski definition) is 1. The van der Waals surface area contributed by atoms with Crippen LogP contribution in [0, 0.1) is 12.8 Å².